The van der Waals surface area contributed by atoms with Crippen LogP contribution in [0.15, 0.2) is 42.7 Å². The van der Waals surface area contributed by atoms with Gasteiger partial charge in [0.25, 0.3) is 0 Å². The molecule has 7 nitrogen and oxygen atoms in total. The van der Waals surface area contributed by atoms with Gasteiger partial charge in [-0.3, -0.25) is 18.9 Å². The minimum Gasteiger partial charge on any atom is -0.326 e. The number of sulfonamides is 1. The number of hydrogen-bond donors (Lipinski definition) is 1. The number of Topliss-reactive ketones (excluding diaryl/α,β-unsaturated/α-hetero) is 1. The van der Waals surface area contributed by atoms with Crippen molar-refractivity contribution in [3.8, 4) is 0 Å². The van der Waals surface area contributed by atoms with E-state index in [0.717, 1.165) is 18.4 Å². The fourth-order valence-corrected chi connectivity index (χ4v) is 4.07. The SMILES string of the molecule is CS(=O)(=O)N1CCCc2ccc(NC(=O)CCC(=O)c3cccnc3)cc21. The molecule has 3 rings (SSSR count). The van der Waals surface area contributed by atoms with Crippen molar-refractivity contribution < 1.29 is 18.0 Å². The summed E-state index contributed by atoms with van der Waals surface area (Å²) in [5, 5.41) is 2.74. The number of rotatable bonds is 6. The summed E-state index contributed by atoms with van der Waals surface area (Å²) in [6, 6.07) is 8.61. The second-order valence-electron chi connectivity index (χ2n) is 6.50. The molecule has 0 saturated heterocycles. The average Bonchev–Trinajstić information content (AvgIpc) is 2.65. The molecule has 0 unspecified atom stereocenters. The van der Waals surface area contributed by atoms with Gasteiger partial charge in [0.15, 0.2) is 5.78 Å². The fourth-order valence-electron chi connectivity index (χ4n) is 3.09. The van der Waals surface area contributed by atoms with Gasteiger partial charge in [0.1, 0.15) is 0 Å². The predicted octanol–water partition coefficient (Wildman–Crippen LogP) is 2.40. The highest BCUT2D eigenvalue weighted by Crippen LogP contribution is 2.31. The molecular weight excluding hydrogens is 366 g/mol. The third-order valence-electron chi connectivity index (χ3n) is 4.41. The molecule has 1 amide bonds. The first-order valence-corrected chi connectivity index (χ1v) is 10.5. The first-order valence-electron chi connectivity index (χ1n) is 8.68. The number of hydrogen-bond acceptors (Lipinski definition) is 5. The highest BCUT2D eigenvalue weighted by atomic mass is 32.2. The topological polar surface area (TPSA) is 96.4 Å². The molecule has 0 radical (unpaired) electrons. The number of amides is 1. The Morgan fingerprint density at radius 3 is 2.74 bits per heavy atom. The van der Waals surface area contributed by atoms with Gasteiger partial charge in [0.2, 0.25) is 15.9 Å². The number of fused-ring (bicyclic) bond motifs is 1. The quantitative estimate of drug-likeness (QED) is 0.768. The Hall–Kier alpha value is -2.74. The average molecular weight is 387 g/mol. The second-order valence-corrected chi connectivity index (χ2v) is 8.40. The number of nitrogens with one attached hydrogen (secondary N) is 1. The molecule has 0 bridgehead atoms. The molecule has 1 aromatic heterocycles. The molecule has 2 aromatic rings. The number of aromatic nitrogens is 1. The minimum absolute atomic E-state index is 0.0423. The number of anilines is 2. The molecule has 0 fully saturated rings. The number of benzene rings is 1. The van der Waals surface area contributed by atoms with Crippen molar-refractivity contribution in [2.75, 3.05) is 22.4 Å². The van der Waals surface area contributed by atoms with Gasteiger partial charge >= 0.3 is 0 Å². The number of carbonyl (C=O) groups is 2. The first-order chi connectivity index (χ1) is 12.8. The van der Waals surface area contributed by atoms with Crippen LogP contribution >= 0.6 is 0 Å². The van der Waals surface area contributed by atoms with E-state index < -0.39 is 10.0 Å². The molecule has 0 spiro atoms. The lowest BCUT2D eigenvalue weighted by atomic mass is 10.0. The summed E-state index contributed by atoms with van der Waals surface area (Å²) in [5.74, 6) is -0.444. The van der Waals surface area contributed by atoms with E-state index >= 15 is 0 Å². The highest BCUT2D eigenvalue weighted by Gasteiger charge is 2.24. The van der Waals surface area contributed by atoms with Gasteiger partial charge in [-0.1, -0.05) is 6.07 Å². The smallest absolute Gasteiger partial charge is 0.232 e. The lowest BCUT2D eigenvalue weighted by Crippen LogP contribution is -2.34. The van der Waals surface area contributed by atoms with Crippen LogP contribution in [0.5, 0.6) is 0 Å². The summed E-state index contributed by atoms with van der Waals surface area (Å²) in [5.41, 5.74) is 2.54. The van der Waals surface area contributed by atoms with Crippen molar-refractivity contribution >= 4 is 33.1 Å². The van der Waals surface area contributed by atoms with E-state index in [-0.39, 0.29) is 24.5 Å². The molecule has 1 aromatic carbocycles. The largest absolute Gasteiger partial charge is 0.326 e. The van der Waals surface area contributed by atoms with E-state index in [1.807, 2.05) is 6.07 Å². The lowest BCUT2D eigenvalue weighted by Gasteiger charge is -2.29. The van der Waals surface area contributed by atoms with Gasteiger partial charge in [-0.05, 0) is 42.7 Å². The third-order valence-corrected chi connectivity index (χ3v) is 5.59. The summed E-state index contributed by atoms with van der Waals surface area (Å²) < 4.78 is 25.3. The summed E-state index contributed by atoms with van der Waals surface area (Å²) in [6.07, 6.45) is 5.93. The zero-order chi connectivity index (χ0) is 19.4. The van der Waals surface area contributed by atoms with Gasteiger partial charge < -0.3 is 5.32 Å². The first kappa shape index (κ1) is 19.0. The molecular formula is C19H21N3O4S. The Morgan fingerprint density at radius 2 is 2.04 bits per heavy atom. The van der Waals surface area contributed by atoms with Crippen molar-refractivity contribution in [2.24, 2.45) is 0 Å². The normalized spacial score (nSPS) is 13.7. The van der Waals surface area contributed by atoms with E-state index in [0.29, 0.717) is 23.5 Å². The number of aryl methyl sites for hydroxylation is 1. The maximum absolute atomic E-state index is 12.2. The summed E-state index contributed by atoms with van der Waals surface area (Å²) in [6.45, 7) is 0.433. The van der Waals surface area contributed by atoms with E-state index in [1.165, 1.54) is 16.8 Å². The number of carbonyl (C=O) groups excluding carboxylic acids is 2. The Balaban J connectivity index is 1.66. The Kier molecular flexibility index (Phi) is 5.55. The van der Waals surface area contributed by atoms with Crippen LogP contribution in [0.25, 0.3) is 0 Å². The second kappa shape index (κ2) is 7.87. The van der Waals surface area contributed by atoms with Crippen LogP contribution in [0, 0.1) is 0 Å². The molecule has 1 aliphatic heterocycles. The molecule has 0 atom stereocenters. The van der Waals surface area contributed by atoms with Crippen molar-refractivity contribution in [3.63, 3.8) is 0 Å². The van der Waals surface area contributed by atoms with E-state index in [1.54, 1.807) is 30.5 Å². The monoisotopic (exact) mass is 387 g/mol. The van der Waals surface area contributed by atoms with Crippen LogP contribution in [0.4, 0.5) is 11.4 Å². The molecule has 2 heterocycles. The number of pyridine rings is 1. The summed E-state index contributed by atoms with van der Waals surface area (Å²) in [7, 11) is -3.37. The minimum atomic E-state index is -3.37. The molecule has 1 N–H and O–H groups in total. The summed E-state index contributed by atoms with van der Waals surface area (Å²) in [4.78, 5) is 28.1. The van der Waals surface area contributed by atoms with Crippen LogP contribution in [-0.4, -0.2) is 37.9 Å². The Morgan fingerprint density at radius 1 is 1.22 bits per heavy atom. The van der Waals surface area contributed by atoms with Crippen molar-refractivity contribution in [3.05, 3.63) is 53.9 Å². The van der Waals surface area contributed by atoms with E-state index in [4.69, 9.17) is 0 Å². The molecule has 0 saturated carbocycles. The van der Waals surface area contributed by atoms with Gasteiger partial charge in [-0.2, -0.15) is 0 Å². The van der Waals surface area contributed by atoms with Crippen LogP contribution < -0.4 is 9.62 Å². The van der Waals surface area contributed by atoms with Crippen molar-refractivity contribution in [1.82, 2.24) is 4.98 Å². The zero-order valence-electron chi connectivity index (χ0n) is 15.0. The van der Waals surface area contributed by atoms with Crippen LogP contribution in [0.2, 0.25) is 0 Å². The predicted molar refractivity (Wildman–Crippen MR) is 103 cm³/mol. The number of nitrogens with zero attached hydrogens (tertiary/aromatic N) is 2. The molecule has 0 aliphatic carbocycles. The van der Waals surface area contributed by atoms with Gasteiger partial charge in [-0.25, -0.2) is 8.42 Å². The lowest BCUT2D eigenvalue weighted by molar-refractivity contribution is -0.116. The zero-order valence-corrected chi connectivity index (χ0v) is 15.8. The highest BCUT2D eigenvalue weighted by molar-refractivity contribution is 7.92. The van der Waals surface area contributed by atoms with Gasteiger partial charge in [0.05, 0.1) is 11.9 Å². The molecule has 1 aliphatic rings. The van der Waals surface area contributed by atoms with Gasteiger partial charge in [0, 0.05) is 43.0 Å². The van der Waals surface area contributed by atoms with Crippen molar-refractivity contribution in [1.29, 1.82) is 0 Å². The molecule has 142 valence electrons. The fraction of sp³-hybridized carbons (Fsp3) is 0.316. The Labute approximate surface area is 158 Å². The van der Waals surface area contributed by atoms with Crippen LogP contribution in [-0.2, 0) is 21.2 Å². The van der Waals surface area contributed by atoms with Gasteiger partial charge in [-0.15, -0.1) is 0 Å². The molecule has 27 heavy (non-hydrogen) atoms. The standard InChI is InChI=1S/C19H21N3O4S/c1-27(25,26)22-11-3-5-14-6-7-16(12-17(14)22)21-19(24)9-8-18(23)15-4-2-10-20-13-15/h2,4,6-7,10,12-13H,3,5,8-9,11H2,1H3,(H,21,24). The summed E-state index contributed by atoms with van der Waals surface area (Å²) >= 11 is 0. The number of ketones is 1. The molecule has 8 heteroatoms. The van der Waals surface area contributed by atoms with E-state index in [9.17, 15) is 18.0 Å². The van der Waals surface area contributed by atoms with Crippen LogP contribution in [0.3, 0.4) is 0 Å². The Bertz CT molecular complexity index is 958. The van der Waals surface area contributed by atoms with E-state index in [2.05, 4.69) is 10.3 Å². The maximum Gasteiger partial charge on any atom is 0.232 e. The van der Waals surface area contributed by atoms with Crippen LogP contribution in [0.1, 0.15) is 35.2 Å². The third kappa shape index (κ3) is 4.71. The maximum atomic E-state index is 12.2. The van der Waals surface area contributed by atoms with Crippen molar-refractivity contribution in [2.45, 2.75) is 25.7 Å².